The smallest absolute Gasteiger partial charge is 0.387 e. The fourth-order valence-corrected chi connectivity index (χ4v) is 3.76. The topological polar surface area (TPSA) is 88.2 Å². The highest BCUT2D eigenvalue weighted by Crippen LogP contribution is 2.30. The second kappa shape index (κ2) is 10.4. The van der Waals surface area contributed by atoms with Gasteiger partial charge in [0.1, 0.15) is 12.1 Å². The van der Waals surface area contributed by atoms with Crippen molar-refractivity contribution >= 4 is 17.8 Å². The third-order valence-electron chi connectivity index (χ3n) is 5.18. The van der Waals surface area contributed by atoms with Crippen molar-refractivity contribution in [1.29, 1.82) is 0 Å². The molecule has 0 unspecified atom stereocenters. The number of benzene rings is 1. The van der Waals surface area contributed by atoms with Gasteiger partial charge < -0.3 is 19.7 Å². The predicted octanol–water partition coefficient (Wildman–Crippen LogP) is 3.15. The number of alkyl halides is 2. The van der Waals surface area contributed by atoms with Crippen molar-refractivity contribution in [3.8, 4) is 11.5 Å². The molecule has 1 N–H and O–H groups in total. The van der Waals surface area contributed by atoms with E-state index in [1.165, 1.54) is 37.3 Å². The minimum Gasteiger partial charge on any atom is -0.493 e. The van der Waals surface area contributed by atoms with Crippen LogP contribution in [0.3, 0.4) is 0 Å². The van der Waals surface area contributed by atoms with Crippen molar-refractivity contribution in [3.05, 3.63) is 23.8 Å². The van der Waals surface area contributed by atoms with Crippen LogP contribution in [0.1, 0.15) is 45.1 Å². The first kappa shape index (κ1) is 24.4. The lowest BCUT2D eigenvalue weighted by Gasteiger charge is -2.26. The molecule has 10 heteroatoms. The summed E-state index contributed by atoms with van der Waals surface area (Å²) in [6.07, 6.45) is 2.47. The molecule has 0 aliphatic carbocycles. The lowest BCUT2D eigenvalue weighted by Crippen LogP contribution is -2.47. The molecule has 0 aromatic heterocycles. The summed E-state index contributed by atoms with van der Waals surface area (Å²) >= 11 is 0. The lowest BCUT2D eigenvalue weighted by molar-refractivity contribution is -0.138. The van der Waals surface area contributed by atoms with E-state index in [1.807, 2.05) is 13.8 Å². The van der Waals surface area contributed by atoms with Gasteiger partial charge in [0.2, 0.25) is 5.91 Å². The number of halogens is 2. The minimum absolute atomic E-state index is 0.108. The van der Waals surface area contributed by atoms with Crippen LogP contribution in [0.25, 0.3) is 0 Å². The summed E-state index contributed by atoms with van der Waals surface area (Å²) in [5.74, 6) is -0.813. The number of likely N-dealkylation sites (N-methyl/N-ethyl adjacent to an activating group) is 1. The number of ether oxygens (including phenoxy) is 2. The first-order valence-electron chi connectivity index (χ1n) is 10.2. The molecule has 2 rings (SSSR count). The number of hydrogen-bond acceptors (Lipinski definition) is 5. The number of nitrogens with one attached hydrogen (secondary N) is 1. The van der Waals surface area contributed by atoms with E-state index >= 15 is 0 Å². The molecule has 1 aliphatic rings. The van der Waals surface area contributed by atoms with Gasteiger partial charge in [-0.3, -0.25) is 14.5 Å². The van der Waals surface area contributed by atoms with Crippen LogP contribution in [0.15, 0.2) is 18.2 Å². The van der Waals surface area contributed by atoms with Crippen LogP contribution >= 0.6 is 0 Å². The number of rotatable bonds is 11. The zero-order valence-electron chi connectivity index (χ0n) is 18.2. The molecular formula is C21H29F2N3O5. The normalized spacial score (nSPS) is 15.3. The van der Waals surface area contributed by atoms with Gasteiger partial charge in [0, 0.05) is 13.6 Å². The Kier molecular flexibility index (Phi) is 8.18. The van der Waals surface area contributed by atoms with E-state index in [0.29, 0.717) is 18.4 Å². The van der Waals surface area contributed by atoms with Gasteiger partial charge in [-0.15, -0.1) is 0 Å². The number of carbonyl (C=O) groups is 3. The molecule has 0 radical (unpaired) electrons. The predicted molar refractivity (Wildman–Crippen MR) is 109 cm³/mol. The Morgan fingerprint density at radius 1 is 1.19 bits per heavy atom. The van der Waals surface area contributed by atoms with Crippen LogP contribution in [0.4, 0.5) is 13.6 Å². The fraction of sp³-hybridized carbons (Fsp3) is 0.571. The van der Waals surface area contributed by atoms with E-state index in [4.69, 9.17) is 4.74 Å². The summed E-state index contributed by atoms with van der Waals surface area (Å²) in [5.41, 5.74) is -0.342. The summed E-state index contributed by atoms with van der Waals surface area (Å²) in [4.78, 5) is 40.3. The van der Waals surface area contributed by atoms with E-state index in [0.717, 1.165) is 17.7 Å². The van der Waals surface area contributed by atoms with Gasteiger partial charge in [0.15, 0.2) is 11.5 Å². The average Bonchev–Trinajstić information content (AvgIpc) is 2.93. The molecule has 31 heavy (non-hydrogen) atoms. The van der Waals surface area contributed by atoms with Crippen molar-refractivity contribution in [2.24, 2.45) is 0 Å². The summed E-state index contributed by atoms with van der Waals surface area (Å²) in [5, 5.41) is 2.77. The van der Waals surface area contributed by atoms with Gasteiger partial charge in [0.05, 0.1) is 7.11 Å². The van der Waals surface area contributed by atoms with E-state index < -0.39 is 24.1 Å². The molecular weight excluding hydrogens is 412 g/mol. The molecule has 1 saturated heterocycles. The molecule has 4 amide bonds. The van der Waals surface area contributed by atoms with E-state index in [9.17, 15) is 23.2 Å². The fourth-order valence-electron chi connectivity index (χ4n) is 3.76. The largest absolute Gasteiger partial charge is 0.493 e. The molecule has 1 aromatic carbocycles. The zero-order valence-corrected chi connectivity index (χ0v) is 18.2. The van der Waals surface area contributed by atoms with Crippen molar-refractivity contribution < 1.29 is 32.6 Å². The maximum Gasteiger partial charge on any atom is 0.387 e. The Labute approximate surface area is 180 Å². The second-order valence-corrected chi connectivity index (χ2v) is 7.52. The molecule has 1 fully saturated rings. The molecule has 1 aliphatic heterocycles. The summed E-state index contributed by atoms with van der Waals surface area (Å²) in [6, 6.07) is 3.79. The number of imide groups is 1. The lowest BCUT2D eigenvalue weighted by atomic mass is 9.88. The number of nitrogens with zero attached hydrogens (tertiary/aromatic N) is 2. The third-order valence-corrected chi connectivity index (χ3v) is 5.18. The number of methoxy groups -OCH3 is 1. The second-order valence-electron chi connectivity index (χ2n) is 7.52. The van der Waals surface area contributed by atoms with Crippen LogP contribution in [0, 0.1) is 0 Å². The highest BCUT2D eigenvalue weighted by atomic mass is 19.3. The van der Waals surface area contributed by atoms with E-state index in [1.54, 1.807) is 0 Å². The van der Waals surface area contributed by atoms with E-state index in [2.05, 4.69) is 10.1 Å². The Bertz CT molecular complexity index is 812. The quantitative estimate of drug-likeness (QED) is 0.533. The van der Waals surface area contributed by atoms with Crippen LogP contribution in [0.5, 0.6) is 11.5 Å². The Balaban J connectivity index is 2.07. The standard InChI is InChI=1S/C21H29F2N3O5/c1-5-9-21(10-6-2)18(28)26(20(29)24-21)13-17(27)25(3)12-14-7-8-15(31-19(22)23)16(11-14)30-4/h7-8,11,19H,5-6,9-10,12-13H2,1-4H3,(H,24,29). The SMILES string of the molecule is CCCC1(CCC)NC(=O)N(CC(=O)N(C)Cc2ccc(OC(F)F)c(OC)c2)C1=O. The van der Waals surface area contributed by atoms with Crippen LogP contribution < -0.4 is 14.8 Å². The van der Waals surface area contributed by atoms with Gasteiger partial charge in [-0.25, -0.2) is 4.79 Å². The van der Waals surface area contributed by atoms with Crippen molar-refractivity contribution in [2.45, 2.75) is 58.2 Å². The number of carbonyl (C=O) groups excluding carboxylic acids is 3. The summed E-state index contributed by atoms with van der Waals surface area (Å²) < 4.78 is 34.4. The highest BCUT2D eigenvalue weighted by Gasteiger charge is 2.50. The van der Waals surface area contributed by atoms with Gasteiger partial charge in [-0.05, 0) is 30.5 Å². The zero-order chi connectivity index (χ0) is 23.2. The van der Waals surface area contributed by atoms with Gasteiger partial charge in [-0.1, -0.05) is 32.8 Å². The first-order valence-corrected chi connectivity index (χ1v) is 10.2. The summed E-state index contributed by atoms with van der Waals surface area (Å²) in [6.45, 7) is 0.637. The molecule has 0 atom stereocenters. The maximum atomic E-state index is 12.9. The highest BCUT2D eigenvalue weighted by molar-refractivity contribution is 6.09. The van der Waals surface area contributed by atoms with Crippen LogP contribution in [-0.4, -0.2) is 60.5 Å². The Morgan fingerprint density at radius 2 is 1.84 bits per heavy atom. The van der Waals surface area contributed by atoms with Crippen molar-refractivity contribution in [2.75, 3.05) is 20.7 Å². The molecule has 8 nitrogen and oxygen atoms in total. The number of amides is 4. The van der Waals surface area contributed by atoms with Gasteiger partial charge in [0.25, 0.3) is 5.91 Å². The average molecular weight is 441 g/mol. The number of hydrogen-bond donors (Lipinski definition) is 1. The van der Waals surface area contributed by atoms with Crippen molar-refractivity contribution in [1.82, 2.24) is 15.1 Å². The monoisotopic (exact) mass is 441 g/mol. The molecule has 0 bridgehead atoms. The molecule has 0 spiro atoms. The summed E-state index contributed by atoms with van der Waals surface area (Å²) in [7, 11) is 2.85. The molecule has 1 heterocycles. The van der Waals surface area contributed by atoms with Gasteiger partial charge >= 0.3 is 12.6 Å². The van der Waals surface area contributed by atoms with E-state index in [-0.39, 0.29) is 30.5 Å². The van der Waals surface area contributed by atoms with Gasteiger partial charge in [-0.2, -0.15) is 8.78 Å². The van der Waals surface area contributed by atoms with Crippen molar-refractivity contribution in [3.63, 3.8) is 0 Å². The molecule has 0 saturated carbocycles. The molecule has 172 valence electrons. The molecule has 1 aromatic rings. The Hall–Kier alpha value is -2.91. The number of urea groups is 1. The Morgan fingerprint density at radius 3 is 2.39 bits per heavy atom. The van der Waals surface area contributed by atoms with Crippen LogP contribution in [0.2, 0.25) is 0 Å². The maximum absolute atomic E-state index is 12.9. The minimum atomic E-state index is -2.99. The third kappa shape index (κ3) is 5.62. The first-order chi connectivity index (χ1) is 14.7. The van der Waals surface area contributed by atoms with Crippen LogP contribution in [-0.2, 0) is 16.1 Å².